The maximum absolute atomic E-state index is 12.2. The summed E-state index contributed by atoms with van der Waals surface area (Å²) in [7, 11) is 2.96. The fourth-order valence-electron chi connectivity index (χ4n) is 2.02. The van der Waals surface area contributed by atoms with Gasteiger partial charge in [-0.05, 0) is 30.3 Å². The molecule has 2 aromatic rings. The molecule has 0 atom stereocenters. The first-order valence-electron chi connectivity index (χ1n) is 7.37. The van der Waals surface area contributed by atoms with Gasteiger partial charge in [-0.15, -0.1) is 11.8 Å². The number of methoxy groups -OCH3 is 2. The molecule has 0 spiro atoms. The fraction of sp³-hybridized carbons (Fsp3) is 0.176. The third kappa shape index (κ3) is 5.47. The number of carboxylic acid groups (broad SMARTS) is 1. The molecular formula is C17H17ClN2O5S. The number of halogens is 1. The van der Waals surface area contributed by atoms with Gasteiger partial charge in [-0.25, -0.2) is 4.79 Å². The molecule has 0 fully saturated rings. The summed E-state index contributed by atoms with van der Waals surface area (Å²) < 4.78 is 10.3. The number of carbonyl (C=O) groups excluding carboxylic acids is 1. The molecule has 2 amide bonds. The van der Waals surface area contributed by atoms with Crippen molar-refractivity contribution in [1.82, 2.24) is 0 Å². The van der Waals surface area contributed by atoms with Gasteiger partial charge in [0.05, 0.1) is 30.7 Å². The molecule has 26 heavy (non-hydrogen) atoms. The third-order valence-corrected chi connectivity index (χ3v) is 4.49. The summed E-state index contributed by atoms with van der Waals surface area (Å²) in [5.41, 5.74) is 0.949. The highest BCUT2D eigenvalue weighted by atomic mass is 35.5. The second-order valence-corrected chi connectivity index (χ2v) is 6.43. The van der Waals surface area contributed by atoms with Crippen LogP contribution in [0.1, 0.15) is 0 Å². The Morgan fingerprint density at radius 2 is 1.73 bits per heavy atom. The van der Waals surface area contributed by atoms with E-state index in [4.69, 9.17) is 26.2 Å². The van der Waals surface area contributed by atoms with Crippen LogP contribution in [0.4, 0.5) is 16.2 Å². The van der Waals surface area contributed by atoms with Gasteiger partial charge >= 0.3 is 12.0 Å². The Kier molecular flexibility index (Phi) is 6.99. The minimum Gasteiger partial charge on any atom is -0.495 e. The zero-order valence-corrected chi connectivity index (χ0v) is 15.6. The van der Waals surface area contributed by atoms with E-state index in [0.29, 0.717) is 27.9 Å². The van der Waals surface area contributed by atoms with Crippen LogP contribution < -0.4 is 20.1 Å². The number of hydrogen-bond donors (Lipinski definition) is 3. The molecule has 0 saturated carbocycles. The van der Waals surface area contributed by atoms with Gasteiger partial charge in [0.15, 0.2) is 0 Å². The summed E-state index contributed by atoms with van der Waals surface area (Å²) in [5, 5.41) is 14.3. The first-order valence-corrected chi connectivity index (χ1v) is 8.73. The van der Waals surface area contributed by atoms with Crippen LogP contribution in [0.15, 0.2) is 41.3 Å². The number of carbonyl (C=O) groups is 2. The van der Waals surface area contributed by atoms with Crippen molar-refractivity contribution in [2.24, 2.45) is 0 Å². The molecule has 2 rings (SSSR count). The van der Waals surface area contributed by atoms with E-state index < -0.39 is 12.0 Å². The van der Waals surface area contributed by atoms with Crippen molar-refractivity contribution in [3.8, 4) is 11.5 Å². The van der Waals surface area contributed by atoms with Crippen molar-refractivity contribution in [3.63, 3.8) is 0 Å². The molecule has 0 aliphatic rings. The van der Waals surface area contributed by atoms with Crippen molar-refractivity contribution in [2.45, 2.75) is 4.90 Å². The van der Waals surface area contributed by atoms with E-state index in [9.17, 15) is 9.59 Å². The van der Waals surface area contributed by atoms with Crippen molar-refractivity contribution in [1.29, 1.82) is 0 Å². The summed E-state index contributed by atoms with van der Waals surface area (Å²) in [6.07, 6.45) is 0. The van der Waals surface area contributed by atoms with Gasteiger partial charge in [-0.2, -0.15) is 0 Å². The molecule has 0 unspecified atom stereocenters. The number of amides is 2. The predicted octanol–water partition coefficient (Wildman–Crippen LogP) is 4.18. The highest BCUT2D eigenvalue weighted by Crippen LogP contribution is 2.35. The lowest BCUT2D eigenvalue weighted by molar-refractivity contribution is -0.133. The Labute approximate surface area is 159 Å². The smallest absolute Gasteiger partial charge is 0.323 e. The molecular weight excluding hydrogens is 380 g/mol. The second kappa shape index (κ2) is 9.21. The quantitative estimate of drug-likeness (QED) is 0.607. The van der Waals surface area contributed by atoms with Gasteiger partial charge in [0.2, 0.25) is 0 Å². The Hall–Kier alpha value is -2.58. The van der Waals surface area contributed by atoms with E-state index >= 15 is 0 Å². The van der Waals surface area contributed by atoms with Crippen LogP contribution >= 0.6 is 23.4 Å². The standard InChI is InChI=1S/C17H17ClN2O5S/c1-24-14-8-15(25-2)13(7-12(14)18)20-17(23)19-10-3-5-11(6-4-10)26-9-16(21)22/h3-8H,9H2,1-2H3,(H,21,22)(H2,19,20,23). The van der Waals surface area contributed by atoms with Crippen LogP contribution in [0.5, 0.6) is 11.5 Å². The van der Waals surface area contributed by atoms with E-state index in [1.165, 1.54) is 32.0 Å². The number of hydrogen-bond acceptors (Lipinski definition) is 5. The van der Waals surface area contributed by atoms with Gasteiger partial charge in [0.1, 0.15) is 11.5 Å². The lowest BCUT2D eigenvalue weighted by Crippen LogP contribution is -2.19. The monoisotopic (exact) mass is 396 g/mol. The van der Waals surface area contributed by atoms with Gasteiger partial charge in [0, 0.05) is 16.6 Å². The fourth-order valence-corrected chi connectivity index (χ4v) is 2.88. The molecule has 0 bridgehead atoms. The minimum absolute atomic E-state index is 0.0225. The maximum atomic E-state index is 12.2. The SMILES string of the molecule is COc1cc(OC)c(NC(=O)Nc2ccc(SCC(=O)O)cc2)cc1Cl. The molecule has 2 aromatic carbocycles. The molecule has 0 aliphatic heterocycles. The van der Waals surface area contributed by atoms with Crippen LogP contribution in [0.25, 0.3) is 0 Å². The third-order valence-electron chi connectivity index (χ3n) is 3.20. The molecule has 7 nitrogen and oxygen atoms in total. The summed E-state index contributed by atoms with van der Waals surface area (Å²) in [4.78, 5) is 23.5. The van der Waals surface area contributed by atoms with Crippen LogP contribution in [0.2, 0.25) is 5.02 Å². The molecule has 0 aliphatic carbocycles. The molecule has 138 valence electrons. The van der Waals surface area contributed by atoms with Gasteiger partial charge in [-0.1, -0.05) is 11.6 Å². The van der Waals surface area contributed by atoms with E-state index in [2.05, 4.69) is 10.6 Å². The predicted molar refractivity (Wildman–Crippen MR) is 102 cm³/mol. The first kappa shape index (κ1) is 19.7. The molecule has 3 N–H and O–H groups in total. The van der Waals surface area contributed by atoms with E-state index in [0.717, 1.165) is 4.90 Å². The zero-order valence-electron chi connectivity index (χ0n) is 14.0. The number of carboxylic acids is 1. The number of rotatable bonds is 7. The van der Waals surface area contributed by atoms with Crippen LogP contribution in [0, 0.1) is 0 Å². The summed E-state index contributed by atoms with van der Waals surface area (Å²) in [6, 6.07) is 9.46. The van der Waals surface area contributed by atoms with Gasteiger partial charge in [0.25, 0.3) is 0 Å². The molecule has 0 saturated heterocycles. The van der Waals surface area contributed by atoms with Crippen molar-refractivity contribution < 1.29 is 24.2 Å². The lowest BCUT2D eigenvalue weighted by atomic mass is 10.2. The topological polar surface area (TPSA) is 96.9 Å². The van der Waals surface area contributed by atoms with E-state index in [-0.39, 0.29) is 5.75 Å². The van der Waals surface area contributed by atoms with Crippen LogP contribution in [-0.4, -0.2) is 37.1 Å². The van der Waals surface area contributed by atoms with Gasteiger partial charge < -0.3 is 25.2 Å². The number of aliphatic carboxylic acids is 1. The van der Waals surface area contributed by atoms with Crippen LogP contribution in [0.3, 0.4) is 0 Å². The Bertz CT molecular complexity index is 798. The van der Waals surface area contributed by atoms with Crippen molar-refractivity contribution in [2.75, 3.05) is 30.6 Å². The Morgan fingerprint density at radius 3 is 2.31 bits per heavy atom. The van der Waals surface area contributed by atoms with Gasteiger partial charge in [-0.3, -0.25) is 4.79 Å². The molecule has 0 heterocycles. The summed E-state index contributed by atoms with van der Waals surface area (Å²) >= 11 is 7.27. The number of nitrogens with one attached hydrogen (secondary N) is 2. The number of urea groups is 1. The number of benzene rings is 2. The highest BCUT2D eigenvalue weighted by molar-refractivity contribution is 8.00. The van der Waals surface area contributed by atoms with Crippen molar-refractivity contribution >= 4 is 46.7 Å². The second-order valence-electron chi connectivity index (χ2n) is 4.97. The molecule has 9 heteroatoms. The molecule has 0 radical (unpaired) electrons. The Balaban J connectivity index is 2.02. The minimum atomic E-state index is -0.885. The number of thioether (sulfide) groups is 1. The van der Waals surface area contributed by atoms with E-state index in [1.54, 1.807) is 30.3 Å². The maximum Gasteiger partial charge on any atom is 0.323 e. The average Bonchev–Trinajstić information content (AvgIpc) is 2.61. The Morgan fingerprint density at radius 1 is 1.08 bits per heavy atom. The highest BCUT2D eigenvalue weighted by Gasteiger charge is 2.12. The normalized spacial score (nSPS) is 10.1. The number of anilines is 2. The average molecular weight is 397 g/mol. The largest absolute Gasteiger partial charge is 0.495 e. The summed E-state index contributed by atoms with van der Waals surface area (Å²) in [6.45, 7) is 0. The van der Waals surface area contributed by atoms with Crippen molar-refractivity contribution in [3.05, 3.63) is 41.4 Å². The first-order chi connectivity index (χ1) is 12.4. The molecule has 0 aromatic heterocycles. The van der Waals surface area contributed by atoms with E-state index in [1.807, 2.05) is 0 Å². The summed E-state index contributed by atoms with van der Waals surface area (Å²) in [5.74, 6) is -0.0694. The lowest BCUT2D eigenvalue weighted by Gasteiger charge is -2.13. The number of ether oxygens (including phenoxy) is 2. The zero-order chi connectivity index (χ0) is 19.1. The van der Waals surface area contributed by atoms with Crippen LogP contribution in [-0.2, 0) is 4.79 Å².